The molecule has 0 radical (unpaired) electrons. The summed E-state index contributed by atoms with van der Waals surface area (Å²) in [5.74, 6) is -9.30. The number of hydrogen-bond acceptors (Lipinski definition) is 23. The first-order valence-corrected chi connectivity index (χ1v) is 27.8. The number of ether oxygens (including phenoxy) is 4. The second-order valence-electron chi connectivity index (χ2n) is 16.9. The summed E-state index contributed by atoms with van der Waals surface area (Å²) in [5, 5.41) is 16.2. The minimum Gasteiger partial charge on any atom is -0.475 e. The fourth-order valence-corrected chi connectivity index (χ4v) is 5.38. The molecule has 508 valence electrons. The zero-order valence-electron chi connectivity index (χ0n) is 53.6. The van der Waals surface area contributed by atoms with Crippen molar-refractivity contribution in [2.24, 2.45) is 5.73 Å². The first-order valence-electron chi connectivity index (χ1n) is 27.4. The molecule has 9 rings (SSSR count). The van der Waals surface area contributed by atoms with Crippen LogP contribution in [-0.2, 0) is 65.6 Å². The Labute approximate surface area is 564 Å². The quantitative estimate of drug-likeness (QED) is 0.0181. The van der Waals surface area contributed by atoms with Crippen LogP contribution in [0.5, 0.6) is 0 Å². The Morgan fingerprint density at radius 3 is 1.31 bits per heavy atom. The smallest absolute Gasteiger partial charge is 0.475 e. The molecule has 32 nitrogen and oxygen atoms in total. The number of imidazole rings is 7. The van der Waals surface area contributed by atoms with E-state index < -0.39 is 70.2 Å². The van der Waals surface area contributed by atoms with Crippen LogP contribution in [0.25, 0.3) is 0 Å². The monoisotopic (exact) mass is 1340 g/mol. The summed E-state index contributed by atoms with van der Waals surface area (Å²) in [7, 11) is 4.60. The van der Waals surface area contributed by atoms with Crippen LogP contribution in [0.1, 0.15) is 134 Å². The van der Waals surface area contributed by atoms with Gasteiger partial charge in [0.1, 0.15) is 5.82 Å². The third kappa shape index (κ3) is 41.1. The molecular formula is C61H80ClLiN15O17+. The van der Waals surface area contributed by atoms with Gasteiger partial charge in [0, 0.05) is 99.8 Å². The third-order valence-corrected chi connectivity index (χ3v) is 9.29. The number of nitrogens with two attached hydrogens (primary N) is 1. The van der Waals surface area contributed by atoms with Crippen molar-refractivity contribution >= 4 is 75.7 Å². The van der Waals surface area contributed by atoms with Crippen LogP contribution >= 0.6 is 11.6 Å². The number of nitrogens with zero attached hydrogens (tertiary/aromatic N) is 9. The van der Waals surface area contributed by atoms with Gasteiger partial charge < -0.3 is 68.9 Å². The van der Waals surface area contributed by atoms with Gasteiger partial charge in [-0.25, -0.2) is 58.9 Å². The maximum absolute atomic E-state index is 11.7. The van der Waals surface area contributed by atoms with E-state index in [2.05, 4.69) is 154 Å². The van der Waals surface area contributed by atoms with Gasteiger partial charge in [-0.2, -0.15) is 0 Å². The number of aliphatic hydroxyl groups is 1. The van der Waals surface area contributed by atoms with Crippen molar-refractivity contribution < 1.29 is 101 Å². The van der Waals surface area contributed by atoms with Gasteiger partial charge in [0.05, 0.1) is 41.1 Å². The summed E-state index contributed by atoms with van der Waals surface area (Å²) < 4.78 is 20.4. The van der Waals surface area contributed by atoms with Gasteiger partial charge in [-0.05, 0) is 22.7 Å². The van der Waals surface area contributed by atoms with E-state index in [0.29, 0.717) is 6.54 Å². The summed E-state index contributed by atoms with van der Waals surface area (Å²) in [4.78, 5) is 154. The van der Waals surface area contributed by atoms with Gasteiger partial charge in [0.25, 0.3) is 11.7 Å². The third-order valence-electron chi connectivity index (χ3n) is 9.14. The van der Waals surface area contributed by atoms with Crippen molar-refractivity contribution in [3.8, 4) is 0 Å². The standard InChI is InChI=1S/C13H12N2O3.C10H10N2.C6H8N2O3.C6H6N2O3.C5H5N3O2.C5H4N2O3.C3H3ClO3.C3H4N2.3C3H8.CH4.Li/c1-18-13(17)11(16)12-14-7-8-15(12)9-10-5-3-2-4-6-10;1-2-4-10(5-3-1)8-12-7-6-11-9-12;2*1-11-6(10)4(9)5-7-2-3-8-5;6-4(10)3(9)5-7-1-2-8-5;8-3(5(9)10)4-6-1-2-7-4;1-7-3(6)2(4)5;1-2-5-3-4-1;3*1-3-2;;/h2-8H,9H2,1H3;1-7,9H,8H2;2-4,9H,1H3,(H,7,8);2-3H,1H3,(H,7,8);1-2H,(H2,6,10)(H,7,8);1-2H,(H,6,7)(H,9,10);1H3;1-3H,(H,4,5);3*3H2,1-2H3;1H4;/q;;;;;;;;;;;;+1. The Hall–Kier alpha value is -11.1. The number of primary amides is 1. The molecule has 1 atom stereocenters. The molecule has 95 heavy (non-hydrogen) atoms. The number of H-pyrrole nitrogens is 5. The summed E-state index contributed by atoms with van der Waals surface area (Å²) in [6.45, 7) is 14.1. The number of methoxy groups -OCH3 is 4. The number of esters is 4. The Morgan fingerprint density at radius 2 is 0.968 bits per heavy atom. The normalized spacial score (nSPS) is 9.18. The van der Waals surface area contributed by atoms with Gasteiger partial charge >= 0.3 is 71.3 Å². The van der Waals surface area contributed by atoms with Crippen LogP contribution in [0.2, 0.25) is 0 Å². The van der Waals surface area contributed by atoms with Gasteiger partial charge in [-0.3, -0.25) is 28.8 Å². The predicted octanol–water partition coefficient (Wildman–Crippen LogP) is 3.58. The SMILES string of the molecule is C.CCC.CCC.CCC.COC(=O)C(=O)Cl.COC(=O)C(=O)c1ncc[nH]1.COC(=O)C(=O)c1nccn1Cc1ccccc1.COC(=O)C(O)c1ncc[nH]1.NC(=O)C(=O)c1ncc[nH]1.O=C(O)C(=O)c1ncc[nH]1.[Li+].c1c[nH]cn1.c1ccc(Cn2ccnc2)cc1. The minimum absolute atomic E-state index is 0. The van der Waals surface area contributed by atoms with Crippen molar-refractivity contribution in [3.63, 3.8) is 0 Å². The Kier molecular flexibility index (Phi) is 54.1. The number of carboxylic acid groups (broad SMARTS) is 1. The number of aliphatic carboxylic acids is 1. The molecular weight excluding hydrogens is 1260 g/mol. The van der Waals surface area contributed by atoms with Crippen LogP contribution in [-0.4, -0.2) is 172 Å². The van der Waals surface area contributed by atoms with E-state index in [1.165, 1.54) is 94.8 Å². The van der Waals surface area contributed by atoms with Gasteiger partial charge in [0.2, 0.25) is 6.10 Å². The van der Waals surface area contributed by atoms with E-state index in [1.54, 1.807) is 35.7 Å². The van der Waals surface area contributed by atoms with E-state index in [9.17, 15) is 52.7 Å². The molecule has 7 heterocycles. The van der Waals surface area contributed by atoms with Crippen LogP contribution in [0.15, 0.2) is 160 Å². The number of amides is 1. The Morgan fingerprint density at radius 1 is 0.526 bits per heavy atom. The number of rotatable bonds is 15. The predicted molar refractivity (Wildman–Crippen MR) is 341 cm³/mol. The van der Waals surface area contributed by atoms with Crippen molar-refractivity contribution in [2.75, 3.05) is 28.4 Å². The number of hydrogen-bond donors (Lipinski definition) is 8. The molecule has 0 aliphatic carbocycles. The number of carbonyl (C=O) groups excluding carboxylic acids is 10. The number of ketones is 4. The Balaban J connectivity index is -0.000000496. The molecule has 0 aliphatic rings. The molecule has 0 fully saturated rings. The molecule has 9 N–H and O–H groups in total. The topological polar surface area (TPSA) is 470 Å². The summed E-state index contributed by atoms with van der Waals surface area (Å²) >= 11 is 4.61. The number of nitrogens with one attached hydrogen (secondary N) is 5. The van der Waals surface area contributed by atoms with Crippen LogP contribution in [0.3, 0.4) is 0 Å². The van der Waals surface area contributed by atoms with Gasteiger partial charge in [-0.15, -0.1) is 0 Å². The molecule has 34 heteroatoms. The van der Waals surface area contributed by atoms with E-state index >= 15 is 0 Å². The molecule has 1 amide bonds. The van der Waals surface area contributed by atoms with Crippen LogP contribution in [0.4, 0.5) is 0 Å². The van der Waals surface area contributed by atoms with E-state index in [0.717, 1.165) is 26.3 Å². The van der Waals surface area contributed by atoms with Gasteiger partial charge in [-0.1, -0.05) is 129 Å². The first-order chi connectivity index (χ1) is 44.5. The van der Waals surface area contributed by atoms with Crippen molar-refractivity contribution in [1.29, 1.82) is 0 Å². The number of aromatic amines is 5. The number of carboxylic acids is 1. The van der Waals surface area contributed by atoms with E-state index in [-0.39, 0.29) is 55.4 Å². The molecule has 9 aromatic rings. The molecule has 0 aliphatic heterocycles. The van der Waals surface area contributed by atoms with E-state index in [4.69, 9.17) is 10.2 Å². The van der Waals surface area contributed by atoms with Crippen molar-refractivity contribution in [1.82, 2.24) is 68.9 Å². The van der Waals surface area contributed by atoms with Crippen molar-refractivity contribution in [3.05, 3.63) is 200 Å². The van der Waals surface area contributed by atoms with Crippen molar-refractivity contribution in [2.45, 2.75) is 87.4 Å². The maximum Gasteiger partial charge on any atom is 1.00 e. The molecule has 1 unspecified atom stereocenters. The summed E-state index contributed by atoms with van der Waals surface area (Å²) in [6, 6.07) is 20.0. The second kappa shape index (κ2) is 56.9. The molecule has 0 saturated carbocycles. The number of carbonyl (C=O) groups is 11. The first kappa shape index (κ1) is 90.3. The molecule has 0 saturated heterocycles. The molecule has 2 aromatic carbocycles. The fourth-order valence-electron chi connectivity index (χ4n) is 5.31. The number of halogens is 1. The second-order valence-corrected chi connectivity index (χ2v) is 17.3. The van der Waals surface area contributed by atoms with Gasteiger partial charge in [0.15, 0.2) is 23.3 Å². The summed E-state index contributed by atoms with van der Waals surface area (Å²) in [6.07, 6.45) is 27.6. The zero-order valence-corrected chi connectivity index (χ0v) is 54.4. The van der Waals surface area contributed by atoms with Crippen LogP contribution < -0.4 is 24.6 Å². The maximum atomic E-state index is 11.7. The largest absolute Gasteiger partial charge is 1.00 e. The Bertz CT molecular complexity index is 3370. The molecule has 7 aromatic heterocycles. The number of aliphatic hydroxyl groups excluding tert-OH is 1. The number of Topliss-reactive ketones (excluding diaryl/α,β-unsaturated/α-hetero) is 4. The number of benzene rings is 2. The minimum atomic E-state index is -1.50. The van der Waals surface area contributed by atoms with Crippen LogP contribution in [0, 0.1) is 0 Å². The molecule has 0 bridgehead atoms. The zero-order chi connectivity index (χ0) is 70.4. The fraction of sp³-hybridized carbons (Fsp3) is 0.279. The average molecular weight is 1340 g/mol. The average Bonchev–Trinajstić information content (AvgIpc) is 1.77. The molecule has 0 spiro atoms. The number of aromatic nitrogens is 14. The summed E-state index contributed by atoms with van der Waals surface area (Å²) in [5.41, 5.74) is 7.00. The van der Waals surface area contributed by atoms with E-state index in [1.807, 2.05) is 61.1 Å².